The van der Waals surface area contributed by atoms with Crippen molar-refractivity contribution in [2.24, 2.45) is 0 Å². The van der Waals surface area contributed by atoms with Gasteiger partial charge in [0.1, 0.15) is 0 Å². The van der Waals surface area contributed by atoms with Crippen LogP contribution in [0, 0.1) is 0 Å². The number of hydrogen-bond donors (Lipinski definition) is 3. The fraction of sp³-hybridized carbons (Fsp3) is 0.800. The molecule has 2 unspecified atom stereocenters. The van der Waals surface area contributed by atoms with Gasteiger partial charge in [-0.25, -0.2) is 0 Å². The lowest BCUT2D eigenvalue weighted by molar-refractivity contribution is -0.136. The maximum atomic E-state index is 12.0. The molecule has 0 aliphatic carbocycles. The molecule has 2 rings (SSSR count). The van der Waals surface area contributed by atoms with Crippen molar-refractivity contribution in [1.29, 1.82) is 0 Å². The first-order valence-corrected chi connectivity index (χ1v) is 5.64. The molecule has 2 saturated heterocycles. The summed E-state index contributed by atoms with van der Waals surface area (Å²) >= 11 is 0. The van der Waals surface area contributed by atoms with Crippen LogP contribution in [0.4, 0.5) is 0 Å². The first-order valence-electron chi connectivity index (χ1n) is 5.64. The Balaban J connectivity index is 1.95. The minimum atomic E-state index is -0.449. The topological polar surface area (TPSA) is 81.7 Å². The standard InChI is InChI=1S/C10H17N3O3/c14-7-4-8(12-5-7)10(16)13-3-1-2-11-9(15)6-13/h7-8,12,14H,1-6H2,(H,11,15). The molecule has 6 heteroatoms. The van der Waals surface area contributed by atoms with E-state index >= 15 is 0 Å². The lowest BCUT2D eigenvalue weighted by Crippen LogP contribution is -2.46. The highest BCUT2D eigenvalue weighted by Gasteiger charge is 2.32. The summed E-state index contributed by atoms with van der Waals surface area (Å²) in [6.07, 6.45) is 0.777. The van der Waals surface area contributed by atoms with Crippen LogP contribution in [-0.4, -0.2) is 60.1 Å². The van der Waals surface area contributed by atoms with Gasteiger partial charge in [0.2, 0.25) is 11.8 Å². The summed E-state index contributed by atoms with van der Waals surface area (Å²) in [7, 11) is 0. The van der Waals surface area contributed by atoms with E-state index in [2.05, 4.69) is 10.6 Å². The number of nitrogens with one attached hydrogen (secondary N) is 2. The van der Waals surface area contributed by atoms with Crippen molar-refractivity contribution in [3.8, 4) is 0 Å². The number of amides is 2. The molecule has 3 N–H and O–H groups in total. The first-order chi connectivity index (χ1) is 7.66. The molecule has 2 fully saturated rings. The van der Waals surface area contributed by atoms with Gasteiger partial charge >= 0.3 is 0 Å². The van der Waals surface area contributed by atoms with E-state index < -0.39 is 6.10 Å². The number of aliphatic hydroxyl groups excluding tert-OH is 1. The molecule has 90 valence electrons. The summed E-state index contributed by atoms with van der Waals surface area (Å²) in [5.41, 5.74) is 0. The molecule has 6 nitrogen and oxygen atoms in total. The zero-order valence-corrected chi connectivity index (χ0v) is 9.11. The van der Waals surface area contributed by atoms with Gasteiger partial charge in [-0.2, -0.15) is 0 Å². The van der Waals surface area contributed by atoms with Crippen LogP contribution >= 0.6 is 0 Å². The average molecular weight is 227 g/mol. The molecule has 2 atom stereocenters. The molecule has 0 bridgehead atoms. The number of hydrogen-bond acceptors (Lipinski definition) is 4. The van der Waals surface area contributed by atoms with Crippen LogP contribution < -0.4 is 10.6 Å². The summed E-state index contributed by atoms with van der Waals surface area (Å²) in [4.78, 5) is 24.9. The van der Waals surface area contributed by atoms with Crippen molar-refractivity contribution in [2.45, 2.75) is 25.0 Å². The Labute approximate surface area is 94.0 Å². The lowest BCUT2D eigenvalue weighted by Gasteiger charge is -2.22. The molecule has 2 aliphatic heterocycles. The highest BCUT2D eigenvalue weighted by atomic mass is 16.3. The maximum Gasteiger partial charge on any atom is 0.240 e. The number of carbonyl (C=O) groups is 2. The molecule has 0 radical (unpaired) electrons. The van der Waals surface area contributed by atoms with Crippen LogP contribution in [-0.2, 0) is 9.59 Å². The highest BCUT2D eigenvalue weighted by molar-refractivity contribution is 5.88. The smallest absolute Gasteiger partial charge is 0.240 e. The van der Waals surface area contributed by atoms with Gasteiger partial charge in [-0.05, 0) is 12.8 Å². The molecule has 16 heavy (non-hydrogen) atoms. The average Bonchev–Trinajstić information content (AvgIpc) is 2.56. The van der Waals surface area contributed by atoms with E-state index in [-0.39, 0.29) is 24.4 Å². The number of aliphatic hydroxyl groups is 1. The van der Waals surface area contributed by atoms with Crippen molar-refractivity contribution in [3.05, 3.63) is 0 Å². The van der Waals surface area contributed by atoms with E-state index in [1.54, 1.807) is 4.90 Å². The van der Waals surface area contributed by atoms with Gasteiger partial charge in [-0.15, -0.1) is 0 Å². The number of β-amino-alcohol motifs (C(OH)–C–C–N with tert-alkyl or cyclic N) is 1. The molecular formula is C10H17N3O3. The Morgan fingerprint density at radius 1 is 1.50 bits per heavy atom. The predicted octanol–water partition coefficient (Wildman–Crippen LogP) is -1.94. The van der Waals surface area contributed by atoms with Crippen molar-refractivity contribution in [1.82, 2.24) is 15.5 Å². The summed E-state index contributed by atoms with van der Waals surface area (Å²) < 4.78 is 0. The van der Waals surface area contributed by atoms with Crippen molar-refractivity contribution in [2.75, 3.05) is 26.2 Å². The quantitative estimate of drug-likeness (QED) is 0.487. The van der Waals surface area contributed by atoms with Gasteiger partial charge in [0.25, 0.3) is 0 Å². The van der Waals surface area contributed by atoms with Crippen molar-refractivity contribution >= 4 is 11.8 Å². The zero-order chi connectivity index (χ0) is 11.5. The van der Waals surface area contributed by atoms with E-state index in [0.717, 1.165) is 6.42 Å². The second-order valence-electron chi connectivity index (χ2n) is 4.31. The van der Waals surface area contributed by atoms with E-state index in [1.807, 2.05) is 0 Å². The fourth-order valence-corrected chi connectivity index (χ4v) is 2.12. The van der Waals surface area contributed by atoms with Gasteiger partial charge < -0.3 is 20.6 Å². The third kappa shape index (κ3) is 2.51. The number of nitrogens with zero attached hydrogens (tertiary/aromatic N) is 1. The number of carbonyl (C=O) groups excluding carboxylic acids is 2. The van der Waals surface area contributed by atoms with E-state index in [9.17, 15) is 14.7 Å². The van der Waals surface area contributed by atoms with Gasteiger partial charge in [0.05, 0.1) is 18.7 Å². The van der Waals surface area contributed by atoms with Crippen molar-refractivity contribution in [3.63, 3.8) is 0 Å². The SMILES string of the molecule is O=C1CN(C(=O)C2CC(O)CN2)CCCN1. The highest BCUT2D eigenvalue weighted by Crippen LogP contribution is 2.10. The molecule has 2 heterocycles. The Hall–Kier alpha value is -1.14. The van der Waals surface area contributed by atoms with Crippen LogP contribution in [0.15, 0.2) is 0 Å². The largest absolute Gasteiger partial charge is 0.392 e. The van der Waals surface area contributed by atoms with E-state index in [1.165, 1.54) is 0 Å². The van der Waals surface area contributed by atoms with E-state index in [0.29, 0.717) is 26.1 Å². The summed E-state index contributed by atoms with van der Waals surface area (Å²) in [6.45, 7) is 1.82. The monoisotopic (exact) mass is 227 g/mol. The normalized spacial score (nSPS) is 31.1. The number of rotatable bonds is 1. The zero-order valence-electron chi connectivity index (χ0n) is 9.11. The lowest BCUT2D eigenvalue weighted by atomic mass is 10.1. The first kappa shape index (κ1) is 11.3. The second-order valence-corrected chi connectivity index (χ2v) is 4.31. The van der Waals surface area contributed by atoms with Gasteiger partial charge in [0, 0.05) is 19.6 Å². The third-order valence-corrected chi connectivity index (χ3v) is 2.98. The van der Waals surface area contributed by atoms with Crippen LogP contribution in [0.25, 0.3) is 0 Å². The Morgan fingerprint density at radius 2 is 2.31 bits per heavy atom. The van der Waals surface area contributed by atoms with Crippen LogP contribution in [0.5, 0.6) is 0 Å². The molecule has 0 aromatic carbocycles. The van der Waals surface area contributed by atoms with Gasteiger partial charge in [0.15, 0.2) is 0 Å². The van der Waals surface area contributed by atoms with Crippen LogP contribution in [0.1, 0.15) is 12.8 Å². The summed E-state index contributed by atoms with van der Waals surface area (Å²) in [6, 6.07) is -0.333. The van der Waals surface area contributed by atoms with Crippen molar-refractivity contribution < 1.29 is 14.7 Å². The molecule has 0 spiro atoms. The second kappa shape index (κ2) is 4.80. The summed E-state index contributed by atoms with van der Waals surface area (Å²) in [5, 5.41) is 15.0. The molecule has 0 aromatic heterocycles. The molecule has 2 aliphatic rings. The molecular weight excluding hydrogens is 210 g/mol. The molecule has 2 amide bonds. The van der Waals surface area contributed by atoms with Gasteiger partial charge in [-0.3, -0.25) is 9.59 Å². The third-order valence-electron chi connectivity index (χ3n) is 2.98. The Bertz CT molecular complexity index is 295. The Morgan fingerprint density at radius 3 is 3.00 bits per heavy atom. The molecule has 0 saturated carbocycles. The van der Waals surface area contributed by atoms with Gasteiger partial charge in [-0.1, -0.05) is 0 Å². The van der Waals surface area contributed by atoms with E-state index in [4.69, 9.17) is 0 Å². The minimum absolute atomic E-state index is 0.0754. The van der Waals surface area contributed by atoms with Crippen LogP contribution in [0.2, 0.25) is 0 Å². The Kier molecular flexibility index (Phi) is 3.40. The summed E-state index contributed by atoms with van der Waals surface area (Å²) in [5.74, 6) is -0.182. The fourth-order valence-electron chi connectivity index (χ4n) is 2.12. The van der Waals surface area contributed by atoms with Crippen LogP contribution in [0.3, 0.4) is 0 Å². The molecule has 0 aromatic rings. The predicted molar refractivity (Wildman–Crippen MR) is 56.6 cm³/mol. The maximum absolute atomic E-state index is 12.0. The minimum Gasteiger partial charge on any atom is -0.392 e.